The molecular formula is C12H11BrFNO5. The monoisotopic (exact) mass is 347 g/mol. The number of halogens is 2. The average Bonchev–Trinajstić information content (AvgIpc) is 2.45. The van der Waals surface area contributed by atoms with Gasteiger partial charge in [-0.15, -0.1) is 0 Å². The molecule has 1 aromatic rings. The first kappa shape index (κ1) is 16.0. The van der Waals surface area contributed by atoms with Crippen LogP contribution >= 0.6 is 15.9 Å². The number of carbonyl (C=O) groups excluding carboxylic acids is 2. The predicted octanol–water partition coefficient (Wildman–Crippen LogP) is 1.94. The van der Waals surface area contributed by atoms with Crippen molar-refractivity contribution in [2.45, 2.75) is 0 Å². The number of hydrogen-bond acceptors (Lipinski definition) is 6. The summed E-state index contributed by atoms with van der Waals surface area (Å²) < 4.78 is 22.7. The second-order valence-electron chi connectivity index (χ2n) is 3.45. The van der Waals surface area contributed by atoms with Crippen molar-refractivity contribution < 1.29 is 28.6 Å². The third-order valence-electron chi connectivity index (χ3n) is 2.20. The summed E-state index contributed by atoms with van der Waals surface area (Å²) in [6.45, 7) is 0. The Morgan fingerprint density at radius 1 is 1.35 bits per heavy atom. The van der Waals surface area contributed by atoms with Crippen LogP contribution < -0.4 is 5.32 Å². The van der Waals surface area contributed by atoms with E-state index in [0.717, 1.165) is 20.3 Å². The molecule has 8 heteroatoms. The highest BCUT2D eigenvalue weighted by Crippen LogP contribution is 2.32. The molecule has 0 aromatic heterocycles. The maximum absolute atomic E-state index is 13.8. The van der Waals surface area contributed by atoms with Gasteiger partial charge in [0.25, 0.3) is 0 Å². The van der Waals surface area contributed by atoms with E-state index in [-0.39, 0.29) is 15.9 Å². The second-order valence-corrected chi connectivity index (χ2v) is 4.31. The quantitative estimate of drug-likeness (QED) is 0.491. The normalized spacial score (nSPS) is 10.9. The number of phenolic OH excluding ortho intramolecular Hbond substituents is 1. The fourth-order valence-electron chi connectivity index (χ4n) is 1.23. The number of benzene rings is 1. The summed E-state index contributed by atoms with van der Waals surface area (Å²) in [6.07, 6.45) is 0.783. The predicted molar refractivity (Wildman–Crippen MR) is 71.5 cm³/mol. The lowest BCUT2D eigenvalue weighted by Crippen LogP contribution is -2.16. The molecule has 0 atom stereocenters. The smallest absolute Gasteiger partial charge is 0.354 e. The molecule has 0 radical (unpaired) electrons. The summed E-state index contributed by atoms with van der Waals surface area (Å²) in [5.74, 6) is -3.03. The van der Waals surface area contributed by atoms with Gasteiger partial charge in [0, 0.05) is 0 Å². The van der Waals surface area contributed by atoms with Crippen LogP contribution in [0.2, 0.25) is 0 Å². The van der Waals surface area contributed by atoms with E-state index in [4.69, 9.17) is 0 Å². The van der Waals surface area contributed by atoms with Crippen LogP contribution in [0.4, 0.5) is 10.1 Å². The van der Waals surface area contributed by atoms with E-state index < -0.39 is 23.5 Å². The molecule has 0 saturated carbocycles. The highest BCUT2D eigenvalue weighted by Gasteiger charge is 2.18. The summed E-state index contributed by atoms with van der Waals surface area (Å²) in [6, 6.07) is 2.50. The summed E-state index contributed by atoms with van der Waals surface area (Å²) in [7, 11) is 2.21. The largest absolute Gasteiger partial charge is 0.506 e. The van der Waals surface area contributed by atoms with Crippen LogP contribution in [0.15, 0.2) is 28.4 Å². The number of ether oxygens (including phenoxy) is 2. The third kappa shape index (κ3) is 3.70. The van der Waals surface area contributed by atoms with Gasteiger partial charge in [-0.3, -0.25) is 0 Å². The van der Waals surface area contributed by atoms with E-state index in [1.807, 2.05) is 0 Å². The molecule has 0 saturated heterocycles. The lowest BCUT2D eigenvalue weighted by atomic mass is 10.2. The molecule has 0 spiro atoms. The molecule has 0 bridgehead atoms. The van der Waals surface area contributed by atoms with Crippen LogP contribution in [-0.4, -0.2) is 31.3 Å². The molecule has 6 nitrogen and oxygen atoms in total. The lowest BCUT2D eigenvalue weighted by Gasteiger charge is -2.12. The van der Waals surface area contributed by atoms with E-state index in [1.165, 1.54) is 12.1 Å². The van der Waals surface area contributed by atoms with Gasteiger partial charge in [0.05, 0.1) is 24.8 Å². The zero-order valence-corrected chi connectivity index (χ0v) is 12.2. The molecule has 1 aromatic carbocycles. The van der Waals surface area contributed by atoms with Crippen molar-refractivity contribution in [1.29, 1.82) is 0 Å². The molecule has 0 fully saturated rings. The van der Waals surface area contributed by atoms with Crippen molar-refractivity contribution in [2.24, 2.45) is 0 Å². The van der Waals surface area contributed by atoms with Crippen LogP contribution in [0.25, 0.3) is 0 Å². The molecule has 0 aliphatic rings. The van der Waals surface area contributed by atoms with Crippen molar-refractivity contribution in [2.75, 3.05) is 19.5 Å². The lowest BCUT2D eigenvalue weighted by molar-refractivity contribution is -0.138. The van der Waals surface area contributed by atoms with Crippen LogP contribution in [0, 0.1) is 5.82 Å². The number of carbonyl (C=O) groups is 2. The van der Waals surface area contributed by atoms with Gasteiger partial charge >= 0.3 is 11.9 Å². The summed E-state index contributed by atoms with van der Waals surface area (Å²) in [5, 5.41) is 11.9. The highest BCUT2D eigenvalue weighted by atomic mass is 79.9. The Morgan fingerprint density at radius 3 is 2.55 bits per heavy atom. The van der Waals surface area contributed by atoms with Crippen LogP contribution in [0.3, 0.4) is 0 Å². The third-order valence-corrected chi connectivity index (χ3v) is 2.81. The van der Waals surface area contributed by atoms with Gasteiger partial charge in [0.1, 0.15) is 17.1 Å². The Balaban J connectivity index is 3.21. The molecule has 1 rings (SSSR count). The van der Waals surface area contributed by atoms with Crippen molar-refractivity contribution >= 4 is 33.6 Å². The van der Waals surface area contributed by atoms with Crippen molar-refractivity contribution in [3.63, 3.8) is 0 Å². The van der Waals surface area contributed by atoms with Gasteiger partial charge in [-0.05, 0) is 28.1 Å². The minimum absolute atomic E-state index is 0.0695. The molecular weight excluding hydrogens is 337 g/mol. The fraction of sp³-hybridized carbons (Fsp3) is 0.167. The van der Waals surface area contributed by atoms with E-state index in [1.54, 1.807) is 0 Å². The molecule has 2 N–H and O–H groups in total. The summed E-state index contributed by atoms with van der Waals surface area (Å²) >= 11 is 2.94. The zero-order valence-electron chi connectivity index (χ0n) is 10.6. The van der Waals surface area contributed by atoms with Gasteiger partial charge in [0.15, 0.2) is 5.82 Å². The number of esters is 2. The van der Waals surface area contributed by atoms with E-state index >= 15 is 0 Å². The number of anilines is 1. The number of rotatable bonds is 4. The maximum Gasteiger partial charge on any atom is 0.354 e. The van der Waals surface area contributed by atoms with Gasteiger partial charge < -0.3 is 19.9 Å². The van der Waals surface area contributed by atoms with E-state index in [2.05, 4.69) is 30.7 Å². The molecule has 0 aliphatic heterocycles. The highest BCUT2D eigenvalue weighted by molar-refractivity contribution is 9.10. The standard InChI is InChI=1S/C12H11BrFNO5/c1-19-9(17)5-7(12(18)20-2)15-11-8(16)4-3-6(13)10(11)14/h3-5,15-16H,1-2H3/b7-5+. The van der Waals surface area contributed by atoms with Crippen molar-refractivity contribution in [3.8, 4) is 5.75 Å². The first-order valence-corrected chi connectivity index (χ1v) is 6.02. The van der Waals surface area contributed by atoms with Crippen molar-refractivity contribution in [1.82, 2.24) is 0 Å². The Labute approximate surface area is 122 Å². The first-order valence-electron chi connectivity index (χ1n) is 5.22. The second kappa shape index (κ2) is 6.90. The van der Waals surface area contributed by atoms with E-state index in [9.17, 15) is 19.1 Å². The maximum atomic E-state index is 13.8. The van der Waals surface area contributed by atoms with Crippen LogP contribution in [-0.2, 0) is 19.1 Å². The molecule has 0 unspecified atom stereocenters. The average molecular weight is 348 g/mol. The minimum atomic E-state index is -0.922. The van der Waals surface area contributed by atoms with Gasteiger partial charge in [0.2, 0.25) is 0 Å². The van der Waals surface area contributed by atoms with Crippen LogP contribution in [0.5, 0.6) is 5.75 Å². The number of nitrogens with one attached hydrogen (secondary N) is 1. The zero-order chi connectivity index (χ0) is 15.3. The van der Waals surface area contributed by atoms with Crippen molar-refractivity contribution in [3.05, 3.63) is 34.2 Å². The summed E-state index contributed by atoms with van der Waals surface area (Å²) in [4.78, 5) is 22.7. The Bertz CT molecular complexity index is 573. The van der Waals surface area contributed by atoms with E-state index in [0.29, 0.717) is 0 Å². The summed E-state index contributed by atoms with van der Waals surface area (Å²) in [5.41, 5.74) is -0.758. The van der Waals surface area contributed by atoms with Gasteiger partial charge in [-0.25, -0.2) is 14.0 Å². The molecule has 0 aliphatic carbocycles. The van der Waals surface area contributed by atoms with Crippen LogP contribution in [0.1, 0.15) is 0 Å². The number of methoxy groups -OCH3 is 2. The number of hydrogen-bond donors (Lipinski definition) is 2. The number of aromatic hydroxyl groups is 1. The molecule has 0 amide bonds. The molecule has 108 valence electrons. The number of phenols is 1. The first-order chi connectivity index (χ1) is 9.40. The topological polar surface area (TPSA) is 84.9 Å². The Hall–Kier alpha value is -2.09. The minimum Gasteiger partial charge on any atom is -0.506 e. The molecule has 0 heterocycles. The van der Waals surface area contributed by atoms with Gasteiger partial charge in [-0.2, -0.15) is 0 Å². The van der Waals surface area contributed by atoms with Gasteiger partial charge in [-0.1, -0.05) is 0 Å². The Morgan fingerprint density at radius 2 is 2.00 bits per heavy atom. The Kier molecular flexibility index (Phi) is 5.51. The fourth-order valence-corrected chi connectivity index (χ4v) is 1.56. The SMILES string of the molecule is COC(=O)/C=C(/Nc1c(O)ccc(Br)c1F)C(=O)OC. The molecule has 20 heavy (non-hydrogen) atoms.